The molecule has 3 aliphatic heterocycles. The molecule has 5 aliphatic carbocycles. The number of esters is 2. The Morgan fingerprint density at radius 2 is 1.38 bits per heavy atom. The predicted octanol–water partition coefficient (Wildman–Crippen LogP) is -0.604. The van der Waals surface area contributed by atoms with Gasteiger partial charge in [-0.1, -0.05) is 74.0 Å². The van der Waals surface area contributed by atoms with E-state index in [2.05, 4.69) is 19.9 Å². The highest BCUT2D eigenvalue weighted by Gasteiger charge is 2.76. The van der Waals surface area contributed by atoms with Gasteiger partial charge in [-0.3, -0.25) is 9.59 Å². The summed E-state index contributed by atoms with van der Waals surface area (Å²) in [5, 5.41) is 134. The summed E-state index contributed by atoms with van der Waals surface area (Å²) in [6.45, 7) is 16.9. The van der Waals surface area contributed by atoms with E-state index in [4.69, 9.17) is 37.9 Å². The van der Waals surface area contributed by atoms with Crippen LogP contribution < -0.4 is 0 Å². The van der Waals surface area contributed by atoms with E-state index in [1.807, 2.05) is 41.5 Å². The minimum absolute atomic E-state index is 0.135. The summed E-state index contributed by atoms with van der Waals surface area (Å²) in [6.07, 6.45) is -26.7. The van der Waals surface area contributed by atoms with Gasteiger partial charge in [-0.2, -0.15) is 0 Å². The Labute approximate surface area is 448 Å². The summed E-state index contributed by atoms with van der Waals surface area (Å²) < 4.78 is 48.6. The normalized spacial score (nSPS) is 50.6. The molecule has 4 saturated carbocycles. The molecule has 3 saturated heterocycles. The molecule has 1 unspecified atom stereocenters. The fourth-order valence-electron chi connectivity index (χ4n) is 16.1. The van der Waals surface area contributed by atoms with Crippen LogP contribution in [0.25, 0.3) is 0 Å². The third-order valence-corrected chi connectivity index (χ3v) is 20.9. The third kappa shape index (κ3) is 9.53. The third-order valence-electron chi connectivity index (χ3n) is 20.9. The Bertz CT molecular complexity index is 2190. The molecular weight excluding hydrogens is 1020 g/mol. The van der Waals surface area contributed by atoms with E-state index in [0.29, 0.717) is 44.9 Å². The van der Waals surface area contributed by atoms with Crippen LogP contribution in [-0.4, -0.2) is 216 Å². The summed E-state index contributed by atoms with van der Waals surface area (Å²) in [5.74, 6) is -4.32. The van der Waals surface area contributed by atoms with E-state index in [0.717, 1.165) is 5.57 Å². The Kier molecular flexibility index (Phi) is 17.0. The number of allylic oxidation sites excluding steroid dienone is 1. The van der Waals surface area contributed by atoms with Crippen LogP contribution in [-0.2, 0) is 52.3 Å². The zero-order valence-electron chi connectivity index (χ0n) is 45.8. The van der Waals surface area contributed by atoms with Gasteiger partial charge in [-0.05, 0) is 78.9 Å². The Hall–Kier alpha value is -2.53. The smallest absolute Gasteiger partial charge is 0.335 e. The van der Waals surface area contributed by atoms with Crippen molar-refractivity contribution in [1.29, 1.82) is 0 Å². The van der Waals surface area contributed by atoms with Crippen molar-refractivity contribution in [2.75, 3.05) is 19.8 Å². The molecule has 0 aromatic heterocycles. The molecule has 8 aliphatic rings. The average Bonchev–Trinajstić information content (AvgIpc) is 3.57. The fraction of sp³-hybridized carbons (Fsp3) is 0.907. The molecule has 0 aromatic rings. The van der Waals surface area contributed by atoms with Crippen LogP contribution in [0.3, 0.4) is 0 Å². The van der Waals surface area contributed by atoms with Gasteiger partial charge in [-0.25, -0.2) is 4.79 Å². The molecule has 0 spiro atoms. The molecule has 8 rings (SSSR count). The number of hydrogen-bond donors (Lipinski definition) is 12. The van der Waals surface area contributed by atoms with Gasteiger partial charge >= 0.3 is 17.9 Å². The average molecular weight is 1100 g/mol. The molecule has 440 valence electrons. The molecule has 0 radical (unpaired) electrons. The first-order valence-electron chi connectivity index (χ1n) is 27.4. The molecule has 0 aromatic carbocycles. The summed E-state index contributed by atoms with van der Waals surface area (Å²) in [6, 6.07) is 0. The lowest BCUT2D eigenvalue weighted by molar-refractivity contribution is -0.392. The summed E-state index contributed by atoms with van der Waals surface area (Å²) in [7, 11) is 0. The van der Waals surface area contributed by atoms with Gasteiger partial charge in [0.05, 0.1) is 49.5 Å². The van der Waals surface area contributed by atoms with Gasteiger partial charge < -0.3 is 99.2 Å². The van der Waals surface area contributed by atoms with Gasteiger partial charge in [0.25, 0.3) is 0 Å². The second-order valence-electron chi connectivity index (χ2n) is 25.7. The summed E-state index contributed by atoms with van der Waals surface area (Å²) in [4.78, 5) is 39.3. The number of fused-ring (bicyclic) bond motifs is 7. The van der Waals surface area contributed by atoms with E-state index in [-0.39, 0.29) is 11.8 Å². The highest BCUT2D eigenvalue weighted by atomic mass is 16.8. The number of aliphatic hydroxyl groups is 11. The molecular formula is C54H86O23. The molecule has 77 heavy (non-hydrogen) atoms. The number of rotatable bonds is 13. The zero-order valence-corrected chi connectivity index (χ0v) is 45.8. The van der Waals surface area contributed by atoms with Crippen LogP contribution >= 0.6 is 0 Å². The van der Waals surface area contributed by atoms with Gasteiger partial charge in [0.1, 0.15) is 67.1 Å². The standard InChI is InChI=1S/C54H86O23/c1-11-22(2)45(69)77-43-42(71-23(3)57)49(4,5)18-25-24-12-13-29-51(8)16-15-30(50(6,7)28(51)14-17-52(29,9)53(24,10)40(65)41(66)54(25,43)21-56)73-48-39(76-47-35(63)33(61)32(60)27(19-55)72-47)37(36(64)38(75-48)44(67)68)74-46-34(62)31(59)26(58)20-70-46/h12,22,25-43,46-48,55-56,58-66H,11,13-21H2,1-10H3,(H,67,68)/t22?,25-,26-,27+,28-,29+,30-,31-,32+,33-,34+,35+,36-,37-,38-,39+,40-,41+,42-,43-,46-,47-,48+,51-,52+,53-,54-/m0/s1. The van der Waals surface area contributed by atoms with Crippen molar-refractivity contribution < 1.29 is 114 Å². The monoisotopic (exact) mass is 1100 g/mol. The van der Waals surface area contributed by atoms with Crippen LogP contribution in [0.4, 0.5) is 0 Å². The number of ether oxygens (including phenoxy) is 8. The number of carbonyl (C=O) groups is 3. The molecule has 0 amide bonds. The van der Waals surface area contributed by atoms with Gasteiger partial charge in [-0.15, -0.1) is 0 Å². The molecule has 27 atom stereocenters. The number of aliphatic hydroxyl groups excluding tert-OH is 11. The molecule has 23 heteroatoms. The molecule has 3 heterocycles. The number of carboxylic acids is 1. The first kappa shape index (κ1) is 60.6. The Morgan fingerprint density at radius 3 is 1.99 bits per heavy atom. The fourth-order valence-corrected chi connectivity index (χ4v) is 16.1. The minimum atomic E-state index is -2.12. The maximum atomic E-state index is 13.7. The van der Waals surface area contributed by atoms with Crippen molar-refractivity contribution in [2.45, 2.75) is 231 Å². The summed E-state index contributed by atoms with van der Waals surface area (Å²) >= 11 is 0. The maximum absolute atomic E-state index is 13.7. The van der Waals surface area contributed by atoms with Crippen molar-refractivity contribution in [3.05, 3.63) is 11.6 Å². The zero-order chi connectivity index (χ0) is 57.0. The van der Waals surface area contributed by atoms with Crippen molar-refractivity contribution in [3.63, 3.8) is 0 Å². The first-order valence-corrected chi connectivity index (χ1v) is 27.4. The highest BCUT2D eigenvalue weighted by Crippen LogP contribution is 2.76. The number of aliphatic carboxylic acids is 1. The predicted molar refractivity (Wildman–Crippen MR) is 263 cm³/mol. The van der Waals surface area contributed by atoms with Crippen molar-refractivity contribution in [2.24, 2.45) is 56.2 Å². The molecule has 12 N–H and O–H groups in total. The summed E-state index contributed by atoms with van der Waals surface area (Å²) in [5.41, 5.74) is -4.75. The van der Waals surface area contributed by atoms with E-state index >= 15 is 0 Å². The first-order chi connectivity index (χ1) is 35.8. The molecule has 0 bridgehead atoms. The van der Waals surface area contributed by atoms with E-state index < -0.39 is 199 Å². The van der Waals surface area contributed by atoms with Crippen LogP contribution in [0.5, 0.6) is 0 Å². The van der Waals surface area contributed by atoms with Gasteiger partial charge in [0, 0.05) is 17.8 Å². The molecule has 23 nitrogen and oxygen atoms in total. The van der Waals surface area contributed by atoms with Crippen molar-refractivity contribution in [1.82, 2.24) is 0 Å². The lowest BCUT2D eigenvalue weighted by Gasteiger charge is -2.73. The number of carboxylic acid groups (broad SMARTS) is 1. The number of carbonyl (C=O) groups excluding carboxylic acids is 2. The van der Waals surface area contributed by atoms with Gasteiger partial charge in [0.2, 0.25) is 0 Å². The maximum Gasteiger partial charge on any atom is 0.335 e. The second-order valence-corrected chi connectivity index (χ2v) is 25.7. The topological polar surface area (TPSA) is 368 Å². The molecule has 7 fully saturated rings. The second kappa shape index (κ2) is 21.7. The van der Waals surface area contributed by atoms with Crippen LogP contribution in [0.1, 0.15) is 114 Å². The number of hydrogen-bond acceptors (Lipinski definition) is 22. The van der Waals surface area contributed by atoms with Crippen LogP contribution in [0.2, 0.25) is 0 Å². The quantitative estimate of drug-likeness (QED) is 0.0622. The highest BCUT2D eigenvalue weighted by molar-refractivity contribution is 5.73. The lowest BCUT2D eigenvalue weighted by Crippen LogP contribution is -2.76. The Balaban J connectivity index is 1.13. The SMILES string of the molecule is CCC(C)C(=O)O[C@H]1[C@H](OC(C)=O)C(C)(C)C[C@H]2C3=CC[C@@H]4[C@@]5(C)CC[C@H](O[C@@H]6O[C@H](C(=O)O)[C@@H](O)[C@H](O[C@@H]7OC[C@H](O)[C@H](O)[C@H]7O)[C@H]6O[C@@H]6O[C@H](CO)[C@@H](O)[C@H](O)[C@H]6O)C(C)(C)[C@@H]5CC[C@@]4(C)[C@]3(C)[C@@H](O)[C@@H](O)[C@]21CO. The van der Waals surface area contributed by atoms with Crippen LogP contribution in [0, 0.1) is 56.2 Å². The van der Waals surface area contributed by atoms with E-state index in [1.54, 1.807) is 6.92 Å². The van der Waals surface area contributed by atoms with E-state index in [9.17, 15) is 75.7 Å². The van der Waals surface area contributed by atoms with Gasteiger partial charge in [0.15, 0.2) is 31.1 Å². The van der Waals surface area contributed by atoms with Crippen LogP contribution in [0.15, 0.2) is 11.6 Å². The lowest BCUT2D eigenvalue weighted by atomic mass is 9.32. The van der Waals surface area contributed by atoms with E-state index in [1.165, 1.54) is 6.92 Å². The van der Waals surface area contributed by atoms with Crippen molar-refractivity contribution in [3.8, 4) is 0 Å². The Morgan fingerprint density at radius 1 is 0.727 bits per heavy atom. The largest absolute Gasteiger partial charge is 0.479 e. The minimum Gasteiger partial charge on any atom is -0.479 e. The van der Waals surface area contributed by atoms with Crippen molar-refractivity contribution >= 4 is 17.9 Å².